The van der Waals surface area contributed by atoms with Crippen molar-refractivity contribution in [1.29, 1.82) is 0 Å². The summed E-state index contributed by atoms with van der Waals surface area (Å²) in [6.07, 6.45) is 8.27. The minimum atomic E-state index is 0.00547. The van der Waals surface area contributed by atoms with Crippen LogP contribution in [0.25, 0.3) is 0 Å². The van der Waals surface area contributed by atoms with Crippen molar-refractivity contribution in [3.63, 3.8) is 0 Å². The van der Waals surface area contributed by atoms with Crippen molar-refractivity contribution in [3.8, 4) is 0 Å². The number of nitrogens with one attached hydrogen (secondary N) is 1. The van der Waals surface area contributed by atoms with E-state index >= 15 is 0 Å². The smallest absolute Gasteiger partial charge is 0.255 e. The molecule has 0 unspecified atom stereocenters. The standard InChI is InChI=1S/C19H24N6O/c26-19(15-4-3-6-20-12-15)25-10-5-16-17(13-25)22-14-23-18(16)21-7-11-24-8-1-2-9-24/h3-4,6,12,14H,1-2,5,7-11,13H2,(H,21,22,23). The molecule has 2 aromatic heterocycles. The van der Waals surface area contributed by atoms with E-state index in [0.29, 0.717) is 18.7 Å². The highest BCUT2D eigenvalue weighted by Crippen LogP contribution is 2.23. The maximum absolute atomic E-state index is 12.6. The molecule has 1 fully saturated rings. The predicted octanol–water partition coefficient (Wildman–Crippen LogP) is 1.58. The summed E-state index contributed by atoms with van der Waals surface area (Å²) < 4.78 is 0. The van der Waals surface area contributed by atoms with Crippen molar-refractivity contribution >= 4 is 11.7 Å². The van der Waals surface area contributed by atoms with Crippen LogP contribution < -0.4 is 5.32 Å². The first kappa shape index (κ1) is 16.9. The van der Waals surface area contributed by atoms with Gasteiger partial charge in [-0.25, -0.2) is 9.97 Å². The summed E-state index contributed by atoms with van der Waals surface area (Å²) in [5, 5.41) is 3.47. The highest BCUT2D eigenvalue weighted by Gasteiger charge is 2.25. The molecule has 2 aliphatic rings. The lowest BCUT2D eigenvalue weighted by molar-refractivity contribution is 0.0731. The number of rotatable bonds is 5. The summed E-state index contributed by atoms with van der Waals surface area (Å²) in [7, 11) is 0. The normalized spacial score (nSPS) is 17.2. The van der Waals surface area contributed by atoms with Crippen LogP contribution in [-0.4, -0.2) is 63.4 Å². The van der Waals surface area contributed by atoms with Crippen LogP contribution in [0.3, 0.4) is 0 Å². The molecule has 0 saturated carbocycles. The monoisotopic (exact) mass is 352 g/mol. The summed E-state index contributed by atoms with van der Waals surface area (Å²) in [5.41, 5.74) is 2.70. The number of amides is 1. The molecule has 0 aromatic carbocycles. The molecule has 2 aliphatic heterocycles. The summed E-state index contributed by atoms with van der Waals surface area (Å²) in [6.45, 7) is 5.54. The quantitative estimate of drug-likeness (QED) is 0.881. The number of hydrogen-bond donors (Lipinski definition) is 1. The third-order valence-electron chi connectivity index (χ3n) is 5.12. The number of hydrogen-bond acceptors (Lipinski definition) is 6. The Bertz CT molecular complexity index is 760. The lowest BCUT2D eigenvalue weighted by Gasteiger charge is -2.29. The molecule has 0 radical (unpaired) electrons. The lowest BCUT2D eigenvalue weighted by Crippen LogP contribution is -2.37. The van der Waals surface area contributed by atoms with Crippen molar-refractivity contribution in [3.05, 3.63) is 47.7 Å². The van der Waals surface area contributed by atoms with Crippen LogP contribution in [0.4, 0.5) is 5.82 Å². The lowest BCUT2D eigenvalue weighted by atomic mass is 10.0. The molecular weight excluding hydrogens is 328 g/mol. The van der Waals surface area contributed by atoms with E-state index in [1.165, 1.54) is 25.9 Å². The third-order valence-corrected chi connectivity index (χ3v) is 5.12. The van der Waals surface area contributed by atoms with E-state index in [0.717, 1.165) is 36.6 Å². The predicted molar refractivity (Wildman–Crippen MR) is 98.9 cm³/mol. The molecule has 2 aromatic rings. The van der Waals surface area contributed by atoms with E-state index in [4.69, 9.17) is 0 Å². The minimum Gasteiger partial charge on any atom is -0.368 e. The molecule has 1 saturated heterocycles. The zero-order valence-corrected chi connectivity index (χ0v) is 14.9. The molecular formula is C19H24N6O. The Morgan fingerprint density at radius 1 is 1.19 bits per heavy atom. The Balaban J connectivity index is 1.40. The first-order valence-corrected chi connectivity index (χ1v) is 9.29. The van der Waals surface area contributed by atoms with Gasteiger partial charge in [-0.05, 0) is 44.5 Å². The van der Waals surface area contributed by atoms with Crippen LogP contribution in [0.1, 0.15) is 34.5 Å². The van der Waals surface area contributed by atoms with Crippen LogP contribution in [0.2, 0.25) is 0 Å². The number of fused-ring (bicyclic) bond motifs is 1. The van der Waals surface area contributed by atoms with Gasteiger partial charge in [0.1, 0.15) is 12.1 Å². The average molecular weight is 352 g/mol. The summed E-state index contributed by atoms with van der Waals surface area (Å²) in [5.74, 6) is 0.925. The maximum Gasteiger partial charge on any atom is 0.255 e. The van der Waals surface area contributed by atoms with Gasteiger partial charge in [0, 0.05) is 37.6 Å². The van der Waals surface area contributed by atoms with E-state index in [-0.39, 0.29) is 5.91 Å². The average Bonchev–Trinajstić information content (AvgIpc) is 3.21. The van der Waals surface area contributed by atoms with Gasteiger partial charge in [0.05, 0.1) is 17.8 Å². The Kier molecular flexibility index (Phi) is 5.06. The first-order chi connectivity index (χ1) is 12.8. The molecule has 26 heavy (non-hydrogen) atoms. The molecule has 4 rings (SSSR count). The Morgan fingerprint density at radius 2 is 2.08 bits per heavy atom. The van der Waals surface area contributed by atoms with Crippen LogP contribution >= 0.6 is 0 Å². The van der Waals surface area contributed by atoms with Crippen LogP contribution in [0.15, 0.2) is 30.9 Å². The number of nitrogens with zero attached hydrogens (tertiary/aromatic N) is 5. The summed E-state index contributed by atoms with van der Waals surface area (Å²) >= 11 is 0. The van der Waals surface area contributed by atoms with Gasteiger partial charge in [0.15, 0.2) is 0 Å². The first-order valence-electron chi connectivity index (χ1n) is 9.29. The van der Waals surface area contributed by atoms with Crippen LogP contribution in [0.5, 0.6) is 0 Å². The summed E-state index contributed by atoms with van der Waals surface area (Å²) in [4.78, 5) is 29.8. The molecule has 1 amide bonds. The zero-order valence-electron chi connectivity index (χ0n) is 14.9. The number of likely N-dealkylation sites (tertiary alicyclic amines) is 1. The van der Waals surface area contributed by atoms with E-state index in [1.54, 1.807) is 30.9 Å². The molecule has 7 heteroatoms. The second kappa shape index (κ2) is 7.78. The van der Waals surface area contributed by atoms with Gasteiger partial charge in [0.2, 0.25) is 0 Å². The van der Waals surface area contributed by atoms with Crippen LogP contribution in [0, 0.1) is 0 Å². The van der Waals surface area contributed by atoms with Gasteiger partial charge >= 0.3 is 0 Å². The highest BCUT2D eigenvalue weighted by molar-refractivity contribution is 5.94. The topological polar surface area (TPSA) is 74.2 Å². The Hall–Kier alpha value is -2.54. The van der Waals surface area contributed by atoms with E-state index < -0.39 is 0 Å². The molecule has 1 N–H and O–H groups in total. The van der Waals surface area contributed by atoms with Gasteiger partial charge in [-0.15, -0.1) is 0 Å². The molecule has 0 aliphatic carbocycles. The number of aromatic nitrogens is 3. The van der Waals surface area contributed by atoms with E-state index in [1.807, 2.05) is 4.90 Å². The SMILES string of the molecule is O=C(c1cccnc1)N1CCc2c(ncnc2NCCN2CCCC2)C1. The number of anilines is 1. The van der Waals surface area contributed by atoms with Crippen molar-refractivity contribution in [2.24, 2.45) is 0 Å². The van der Waals surface area contributed by atoms with E-state index in [9.17, 15) is 4.79 Å². The Labute approximate surface area is 153 Å². The second-order valence-corrected chi connectivity index (χ2v) is 6.84. The van der Waals surface area contributed by atoms with Gasteiger partial charge in [-0.2, -0.15) is 0 Å². The molecule has 0 bridgehead atoms. The fraction of sp³-hybridized carbons (Fsp3) is 0.474. The number of pyridine rings is 1. The largest absolute Gasteiger partial charge is 0.368 e. The molecule has 136 valence electrons. The minimum absolute atomic E-state index is 0.00547. The fourth-order valence-corrected chi connectivity index (χ4v) is 3.69. The number of carbonyl (C=O) groups is 1. The van der Waals surface area contributed by atoms with Gasteiger partial charge < -0.3 is 15.1 Å². The molecule has 0 spiro atoms. The number of carbonyl (C=O) groups excluding carboxylic acids is 1. The van der Waals surface area contributed by atoms with Gasteiger partial charge in [-0.3, -0.25) is 9.78 Å². The molecule has 0 atom stereocenters. The van der Waals surface area contributed by atoms with Gasteiger partial charge in [-0.1, -0.05) is 0 Å². The maximum atomic E-state index is 12.6. The molecule has 4 heterocycles. The Morgan fingerprint density at radius 3 is 2.88 bits per heavy atom. The summed E-state index contributed by atoms with van der Waals surface area (Å²) in [6, 6.07) is 3.59. The van der Waals surface area contributed by atoms with Crippen molar-refractivity contribution in [2.75, 3.05) is 38.0 Å². The third kappa shape index (κ3) is 3.67. The van der Waals surface area contributed by atoms with Crippen molar-refractivity contribution in [2.45, 2.75) is 25.8 Å². The zero-order chi connectivity index (χ0) is 17.8. The second-order valence-electron chi connectivity index (χ2n) is 6.84. The van der Waals surface area contributed by atoms with E-state index in [2.05, 4.69) is 25.2 Å². The highest BCUT2D eigenvalue weighted by atomic mass is 16.2. The van der Waals surface area contributed by atoms with Crippen molar-refractivity contribution < 1.29 is 4.79 Å². The fourth-order valence-electron chi connectivity index (χ4n) is 3.69. The van der Waals surface area contributed by atoms with Crippen molar-refractivity contribution in [1.82, 2.24) is 24.8 Å². The van der Waals surface area contributed by atoms with Gasteiger partial charge in [0.25, 0.3) is 5.91 Å². The molecule has 7 nitrogen and oxygen atoms in total. The van der Waals surface area contributed by atoms with Crippen LogP contribution in [-0.2, 0) is 13.0 Å².